The molecule has 4 heteroatoms. The van der Waals surface area contributed by atoms with E-state index in [1.165, 1.54) is 0 Å². The van der Waals surface area contributed by atoms with Crippen LogP contribution in [0.1, 0.15) is 61.6 Å². The zero-order valence-electron chi connectivity index (χ0n) is 16.8. The lowest BCUT2D eigenvalue weighted by atomic mass is 9.92. The molecule has 4 nitrogen and oxygen atoms in total. The Hall–Kier alpha value is -3.14. The Morgan fingerprint density at radius 3 is 2.31 bits per heavy atom. The quantitative estimate of drug-likeness (QED) is 0.457. The van der Waals surface area contributed by atoms with E-state index in [2.05, 4.69) is 4.98 Å². The van der Waals surface area contributed by atoms with Crippen LogP contribution in [-0.2, 0) is 11.2 Å². The van der Waals surface area contributed by atoms with Gasteiger partial charge in [-0.15, -0.1) is 0 Å². The van der Waals surface area contributed by atoms with Gasteiger partial charge in [0, 0.05) is 17.0 Å². The Kier molecular flexibility index (Phi) is 5.34. The van der Waals surface area contributed by atoms with Gasteiger partial charge in [-0.25, -0.2) is 4.79 Å². The van der Waals surface area contributed by atoms with Gasteiger partial charge in [0.05, 0.1) is 17.7 Å². The molecule has 4 rings (SSSR count). The predicted octanol–water partition coefficient (Wildman–Crippen LogP) is 5.02. The minimum Gasteiger partial charge on any atom is -0.462 e. The van der Waals surface area contributed by atoms with Gasteiger partial charge in [0.1, 0.15) is 0 Å². The third-order valence-corrected chi connectivity index (χ3v) is 5.45. The number of aromatic amines is 1. The van der Waals surface area contributed by atoms with E-state index in [9.17, 15) is 9.59 Å². The monoisotopic (exact) mass is 387 g/mol. The van der Waals surface area contributed by atoms with Crippen molar-refractivity contribution < 1.29 is 14.3 Å². The minimum absolute atomic E-state index is 0.142. The highest BCUT2D eigenvalue weighted by atomic mass is 16.5. The molecule has 1 fully saturated rings. The molecule has 148 valence electrons. The maximum Gasteiger partial charge on any atom is 0.340 e. The van der Waals surface area contributed by atoms with Gasteiger partial charge in [-0.1, -0.05) is 54.6 Å². The van der Waals surface area contributed by atoms with Crippen LogP contribution in [-0.4, -0.2) is 23.3 Å². The maximum absolute atomic E-state index is 13.5. The van der Waals surface area contributed by atoms with Crippen molar-refractivity contribution in [1.82, 2.24) is 4.98 Å². The highest BCUT2D eigenvalue weighted by molar-refractivity contribution is 6.16. The normalized spacial score (nSPS) is 13.3. The summed E-state index contributed by atoms with van der Waals surface area (Å²) in [7, 11) is 0. The number of hydrogen-bond donors (Lipinski definition) is 1. The SMILES string of the molecule is Cc1[nH]c(C)c(C(=O)c2ccccc2Cc2ccccc2)c1C(=O)OCC1CC1. The van der Waals surface area contributed by atoms with Crippen molar-refractivity contribution in [3.8, 4) is 0 Å². The Labute approximate surface area is 170 Å². The average molecular weight is 387 g/mol. The summed E-state index contributed by atoms with van der Waals surface area (Å²) in [6.07, 6.45) is 2.88. The van der Waals surface area contributed by atoms with E-state index in [0.29, 0.717) is 47.0 Å². The first-order valence-electron chi connectivity index (χ1n) is 10.1. The van der Waals surface area contributed by atoms with E-state index < -0.39 is 5.97 Å². The minimum atomic E-state index is -0.414. The van der Waals surface area contributed by atoms with Crippen molar-refractivity contribution in [1.29, 1.82) is 0 Å². The lowest BCUT2D eigenvalue weighted by Gasteiger charge is -2.11. The van der Waals surface area contributed by atoms with E-state index in [1.807, 2.05) is 68.4 Å². The molecule has 0 aliphatic heterocycles. The Bertz CT molecular complexity index is 1050. The Morgan fingerprint density at radius 2 is 1.59 bits per heavy atom. The molecular weight excluding hydrogens is 362 g/mol. The van der Waals surface area contributed by atoms with Crippen LogP contribution in [0.15, 0.2) is 54.6 Å². The summed E-state index contributed by atoms with van der Waals surface area (Å²) in [5.41, 5.74) is 4.85. The lowest BCUT2D eigenvalue weighted by Crippen LogP contribution is -2.15. The summed E-state index contributed by atoms with van der Waals surface area (Å²) in [5.74, 6) is -0.0792. The van der Waals surface area contributed by atoms with Crippen molar-refractivity contribution in [3.63, 3.8) is 0 Å². The van der Waals surface area contributed by atoms with Crippen LogP contribution in [0, 0.1) is 19.8 Å². The number of nitrogens with one attached hydrogen (secondary N) is 1. The number of ketones is 1. The molecule has 2 aromatic carbocycles. The number of aryl methyl sites for hydroxylation is 2. The topological polar surface area (TPSA) is 59.2 Å². The smallest absolute Gasteiger partial charge is 0.340 e. The zero-order valence-corrected chi connectivity index (χ0v) is 16.8. The van der Waals surface area contributed by atoms with Gasteiger partial charge < -0.3 is 9.72 Å². The van der Waals surface area contributed by atoms with Crippen LogP contribution >= 0.6 is 0 Å². The van der Waals surface area contributed by atoms with E-state index in [4.69, 9.17) is 4.74 Å². The molecule has 0 saturated heterocycles. The number of ether oxygens (including phenoxy) is 1. The number of H-pyrrole nitrogens is 1. The highest BCUT2D eigenvalue weighted by Gasteiger charge is 2.29. The molecule has 29 heavy (non-hydrogen) atoms. The van der Waals surface area contributed by atoms with Crippen LogP contribution in [0.3, 0.4) is 0 Å². The fraction of sp³-hybridized carbons (Fsp3) is 0.280. The fourth-order valence-corrected chi connectivity index (χ4v) is 3.72. The fourth-order valence-electron chi connectivity index (χ4n) is 3.72. The molecule has 3 aromatic rings. The number of carbonyl (C=O) groups excluding carboxylic acids is 2. The Balaban J connectivity index is 1.67. The second kappa shape index (κ2) is 8.08. The number of aromatic nitrogens is 1. The van der Waals surface area contributed by atoms with Crippen LogP contribution in [0.4, 0.5) is 0 Å². The van der Waals surface area contributed by atoms with Crippen molar-refractivity contribution in [2.45, 2.75) is 33.1 Å². The average Bonchev–Trinajstić information content (AvgIpc) is 3.50. The molecule has 0 radical (unpaired) electrons. The van der Waals surface area contributed by atoms with Gasteiger partial charge in [-0.05, 0) is 50.2 Å². The summed E-state index contributed by atoms with van der Waals surface area (Å²) < 4.78 is 5.49. The molecule has 0 atom stereocenters. The summed E-state index contributed by atoms with van der Waals surface area (Å²) in [6.45, 7) is 4.08. The number of esters is 1. The maximum atomic E-state index is 13.5. The molecule has 1 aliphatic rings. The van der Waals surface area contributed by atoms with Crippen molar-refractivity contribution >= 4 is 11.8 Å². The van der Waals surface area contributed by atoms with E-state index in [1.54, 1.807) is 0 Å². The van der Waals surface area contributed by atoms with Crippen molar-refractivity contribution in [3.05, 3.63) is 93.8 Å². The first-order chi connectivity index (χ1) is 14.0. The number of carbonyl (C=O) groups is 2. The third-order valence-electron chi connectivity index (χ3n) is 5.45. The zero-order chi connectivity index (χ0) is 20.4. The summed E-state index contributed by atoms with van der Waals surface area (Å²) in [6, 6.07) is 17.7. The van der Waals surface area contributed by atoms with E-state index >= 15 is 0 Å². The molecule has 0 bridgehead atoms. The molecule has 1 aliphatic carbocycles. The summed E-state index contributed by atoms with van der Waals surface area (Å²) >= 11 is 0. The summed E-state index contributed by atoms with van der Waals surface area (Å²) in [4.78, 5) is 29.4. The van der Waals surface area contributed by atoms with E-state index in [0.717, 1.165) is 24.0 Å². The van der Waals surface area contributed by atoms with Crippen LogP contribution < -0.4 is 0 Å². The molecule has 1 N–H and O–H groups in total. The highest BCUT2D eigenvalue weighted by Crippen LogP contribution is 2.30. The van der Waals surface area contributed by atoms with Crippen LogP contribution in [0.5, 0.6) is 0 Å². The number of rotatable bonds is 7. The van der Waals surface area contributed by atoms with Crippen molar-refractivity contribution in [2.75, 3.05) is 6.61 Å². The Morgan fingerprint density at radius 1 is 0.931 bits per heavy atom. The van der Waals surface area contributed by atoms with Gasteiger partial charge in [-0.3, -0.25) is 4.79 Å². The van der Waals surface area contributed by atoms with Crippen molar-refractivity contribution in [2.24, 2.45) is 5.92 Å². The van der Waals surface area contributed by atoms with Crippen LogP contribution in [0.2, 0.25) is 0 Å². The molecule has 1 heterocycles. The molecule has 1 aromatic heterocycles. The standard InChI is InChI=1S/C25H25NO3/c1-16-22(23(17(2)26-16)25(28)29-15-19-12-13-19)24(27)21-11-7-6-10-20(21)14-18-8-4-3-5-9-18/h3-11,19,26H,12-15H2,1-2H3. The number of hydrogen-bond acceptors (Lipinski definition) is 3. The second-order valence-electron chi connectivity index (χ2n) is 7.82. The molecular formula is C25H25NO3. The van der Waals surface area contributed by atoms with Gasteiger partial charge in [0.25, 0.3) is 0 Å². The molecule has 0 amide bonds. The van der Waals surface area contributed by atoms with Gasteiger partial charge >= 0.3 is 5.97 Å². The first-order valence-corrected chi connectivity index (χ1v) is 10.1. The predicted molar refractivity (Wildman–Crippen MR) is 112 cm³/mol. The van der Waals surface area contributed by atoms with Crippen LogP contribution in [0.25, 0.3) is 0 Å². The first kappa shape index (κ1) is 19.2. The van der Waals surface area contributed by atoms with E-state index in [-0.39, 0.29) is 5.78 Å². The van der Waals surface area contributed by atoms with Gasteiger partial charge in [-0.2, -0.15) is 0 Å². The third kappa shape index (κ3) is 4.16. The second-order valence-corrected chi connectivity index (χ2v) is 7.82. The molecule has 0 unspecified atom stereocenters. The van der Waals surface area contributed by atoms with Gasteiger partial charge in [0.15, 0.2) is 5.78 Å². The molecule has 1 saturated carbocycles. The lowest BCUT2D eigenvalue weighted by molar-refractivity contribution is 0.0483. The largest absolute Gasteiger partial charge is 0.462 e. The summed E-state index contributed by atoms with van der Waals surface area (Å²) in [5, 5.41) is 0. The number of benzene rings is 2. The van der Waals surface area contributed by atoms with Gasteiger partial charge in [0.2, 0.25) is 0 Å². The molecule has 0 spiro atoms.